The summed E-state index contributed by atoms with van der Waals surface area (Å²) in [5, 5.41) is 8.76. The highest BCUT2D eigenvalue weighted by Gasteiger charge is 2.32. The molecule has 1 N–H and O–H groups in total. The van der Waals surface area contributed by atoms with Gasteiger partial charge in [0, 0.05) is 31.6 Å². The van der Waals surface area contributed by atoms with Crippen molar-refractivity contribution in [2.75, 3.05) is 26.2 Å². The van der Waals surface area contributed by atoms with Crippen LogP contribution in [-0.2, 0) is 14.4 Å². The number of carboxylic acids is 1. The van der Waals surface area contributed by atoms with E-state index in [0.717, 1.165) is 25.9 Å². The maximum Gasteiger partial charge on any atom is 0.303 e. The number of ether oxygens (including phenoxy) is 1. The third-order valence-corrected chi connectivity index (χ3v) is 6.04. The van der Waals surface area contributed by atoms with Gasteiger partial charge in [0.05, 0.1) is 4.91 Å². The molecule has 2 heterocycles. The van der Waals surface area contributed by atoms with Gasteiger partial charge in [-0.25, -0.2) is 0 Å². The number of hydrogen-bond acceptors (Lipinski definition) is 6. The van der Waals surface area contributed by atoms with Crippen LogP contribution in [0, 0.1) is 0 Å². The van der Waals surface area contributed by atoms with Gasteiger partial charge in [0.15, 0.2) is 6.61 Å². The lowest BCUT2D eigenvalue weighted by molar-refractivity contribution is -0.137. The molecule has 2 aliphatic heterocycles. The van der Waals surface area contributed by atoms with Crippen LogP contribution in [0.4, 0.5) is 0 Å². The summed E-state index contributed by atoms with van der Waals surface area (Å²) in [5.41, 5.74) is 0.688. The first-order valence-corrected chi connectivity index (χ1v) is 10.6. The molecule has 7 nitrogen and oxygen atoms in total. The predicted octanol–water partition coefficient (Wildman–Crippen LogP) is 2.75. The minimum atomic E-state index is -0.902. The topological polar surface area (TPSA) is 87.1 Å². The van der Waals surface area contributed by atoms with Crippen LogP contribution in [0.25, 0.3) is 6.08 Å². The number of para-hydroxylation sites is 1. The van der Waals surface area contributed by atoms with Crippen molar-refractivity contribution < 1.29 is 24.2 Å². The fraction of sp³-hybridized carbons (Fsp3) is 0.400. The van der Waals surface area contributed by atoms with E-state index in [1.54, 1.807) is 17.0 Å². The number of rotatable bonds is 8. The number of hydrogen-bond donors (Lipinski definition) is 1. The van der Waals surface area contributed by atoms with Crippen molar-refractivity contribution in [1.29, 1.82) is 0 Å². The normalized spacial score (nSPS) is 18.0. The SMILES string of the molecule is O=C(O)CCCN1C(=O)/C(=C\c2ccccc2OCC(=O)N2CCCC2)SC1=S. The number of benzene rings is 1. The van der Waals surface area contributed by atoms with E-state index in [9.17, 15) is 14.4 Å². The Balaban J connectivity index is 1.66. The molecular formula is C20H22N2O5S2. The number of carbonyl (C=O) groups excluding carboxylic acids is 2. The monoisotopic (exact) mass is 434 g/mol. The Morgan fingerprint density at radius 2 is 1.97 bits per heavy atom. The van der Waals surface area contributed by atoms with Crippen molar-refractivity contribution in [3.8, 4) is 5.75 Å². The molecular weight excluding hydrogens is 412 g/mol. The molecule has 1 aromatic carbocycles. The zero-order chi connectivity index (χ0) is 20.8. The van der Waals surface area contributed by atoms with Crippen molar-refractivity contribution in [3.63, 3.8) is 0 Å². The van der Waals surface area contributed by atoms with Crippen molar-refractivity contribution in [2.24, 2.45) is 0 Å². The van der Waals surface area contributed by atoms with Crippen LogP contribution >= 0.6 is 24.0 Å². The molecule has 154 valence electrons. The first kappa shape index (κ1) is 21.3. The Morgan fingerprint density at radius 3 is 2.69 bits per heavy atom. The number of nitrogens with zero attached hydrogens (tertiary/aromatic N) is 2. The van der Waals surface area contributed by atoms with Gasteiger partial charge < -0.3 is 14.7 Å². The van der Waals surface area contributed by atoms with Crippen molar-refractivity contribution in [1.82, 2.24) is 9.80 Å². The molecule has 0 aliphatic carbocycles. The molecule has 2 amide bonds. The predicted molar refractivity (Wildman–Crippen MR) is 114 cm³/mol. The zero-order valence-corrected chi connectivity index (χ0v) is 17.5. The minimum absolute atomic E-state index is 0.0160. The Morgan fingerprint density at radius 1 is 1.24 bits per heavy atom. The van der Waals surface area contributed by atoms with E-state index < -0.39 is 5.97 Å². The summed E-state index contributed by atoms with van der Waals surface area (Å²) in [7, 11) is 0. The fourth-order valence-electron chi connectivity index (χ4n) is 3.15. The van der Waals surface area contributed by atoms with Gasteiger partial charge in [-0.15, -0.1) is 0 Å². The maximum atomic E-state index is 12.6. The zero-order valence-electron chi connectivity index (χ0n) is 15.8. The number of likely N-dealkylation sites (tertiary alicyclic amines) is 1. The van der Waals surface area contributed by atoms with Gasteiger partial charge in [0.2, 0.25) is 0 Å². The highest BCUT2D eigenvalue weighted by molar-refractivity contribution is 8.26. The van der Waals surface area contributed by atoms with Crippen LogP contribution in [0.5, 0.6) is 5.75 Å². The molecule has 2 aliphatic rings. The Labute approximate surface area is 178 Å². The van der Waals surface area contributed by atoms with Gasteiger partial charge in [0.25, 0.3) is 11.8 Å². The van der Waals surface area contributed by atoms with Crippen molar-refractivity contribution in [2.45, 2.75) is 25.7 Å². The maximum absolute atomic E-state index is 12.6. The van der Waals surface area contributed by atoms with Crippen LogP contribution in [0.3, 0.4) is 0 Å². The van der Waals surface area contributed by atoms with Crippen LogP contribution in [0.15, 0.2) is 29.2 Å². The van der Waals surface area contributed by atoms with Gasteiger partial charge in [-0.05, 0) is 31.4 Å². The quantitative estimate of drug-likeness (QED) is 0.497. The number of carbonyl (C=O) groups is 3. The molecule has 29 heavy (non-hydrogen) atoms. The van der Waals surface area contributed by atoms with Crippen LogP contribution in [-0.4, -0.2) is 63.3 Å². The van der Waals surface area contributed by atoms with Crippen LogP contribution in [0.2, 0.25) is 0 Å². The summed E-state index contributed by atoms with van der Waals surface area (Å²) < 4.78 is 6.15. The average Bonchev–Trinajstić information content (AvgIpc) is 3.31. The molecule has 2 fully saturated rings. The number of carboxylic acid groups (broad SMARTS) is 1. The summed E-state index contributed by atoms with van der Waals surface area (Å²) in [4.78, 5) is 39.2. The van der Waals surface area contributed by atoms with Crippen molar-refractivity contribution >= 4 is 52.2 Å². The molecule has 0 atom stereocenters. The molecule has 0 unspecified atom stereocenters. The highest BCUT2D eigenvalue weighted by atomic mass is 32.2. The summed E-state index contributed by atoms with van der Waals surface area (Å²) in [6.45, 7) is 1.78. The molecule has 1 aromatic rings. The van der Waals surface area contributed by atoms with E-state index in [1.807, 2.05) is 18.2 Å². The lowest BCUT2D eigenvalue weighted by atomic mass is 10.2. The van der Waals surface area contributed by atoms with Crippen LogP contribution < -0.4 is 4.74 Å². The molecule has 0 radical (unpaired) electrons. The van der Waals surface area contributed by atoms with Gasteiger partial charge in [-0.1, -0.05) is 42.2 Å². The largest absolute Gasteiger partial charge is 0.483 e. The minimum Gasteiger partial charge on any atom is -0.483 e. The van der Waals surface area contributed by atoms with Gasteiger partial charge in [-0.2, -0.15) is 0 Å². The molecule has 0 aromatic heterocycles. The Bertz CT molecular complexity index is 849. The van der Waals surface area contributed by atoms with Gasteiger partial charge in [-0.3, -0.25) is 19.3 Å². The average molecular weight is 435 g/mol. The van der Waals surface area contributed by atoms with E-state index in [1.165, 1.54) is 16.7 Å². The van der Waals surface area contributed by atoms with Crippen LogP contribution in [0.1, 0.15) is 31.2 Å². The van der Waals surface area contributed by atoms with Gasteiger partial charge >= 0.3 is 5.97 Å². The molecule has 9 heteroatoms. The van der Waals surface area contributed by atoms with E-state index in [2.05, 4.69) is 0 Å². The highest BCUT2D eigenvalue weighted by Crippen LogP contribution is 2.34. The Kier molecular flexibility index (Phi) is 7.27. The number of amides is 2. The smallest absolute Gasteiger partial charge is 0.303 e. The van der Waals surface area contributed by atoms with Gasteiger partial charge in [0.1, 0.15) is 10.1 Å². The number of thiocarbonyl (C=S) groups is 1. The third kappa shape index (κ3) is 5.57. The summed E-state index contributed by atoms with van der Waals surface area (Å²) >= 11 is 6.45. The molecule has 0 saturated carbocycles. The number of aliphatic carboxylic acids is 1. The summed E-state index contributed by atoms with van der Waals surface area (Å²) in [6, 6.07) is 7.21. The van der Waals surface area contributed by atoms with Crippen molar-refractivity contribution in [3.05, 3.63) is 34.7 Å². The summed E-state index contributed by atoms with van der Waals surface area (Å²) in [6.07, 6.45) is 4.07. The fourth-order valence-corrected chi connectivity index (χ4v) is 4.45. The van der Waals surface area contributed by atoms with E-state index >= 15 is 0 Å². The first-order valence-electron chi connectivity index (χ1n) is 9.42. The molecule has 3 rings (SSSR count). The lowest BCUT2D eigenvalue weighted by Crippen LogP contribution is -2.32. The first-order chi connectivity index (χ1) is 14.0. The summed E-state index contributed by atoms with van der Waals surface area (Å²) in [5.74, 6) is -0.660. The second kappa shape index (κ2) is 9.89. The lowest BCUT2D eigenvalue weighted by Gasteiger charge is -2.16. The van der Waals surface area contributed by atoms with E-state index in [-0.39, 0.29) is 31.4 Å². The standard InChI is InChI=1S/C20H22N2O5S2/c23-17(21-9-3-4-10-21)13-27-15-7-2-1-6-14(15)12-16-19(26)22(20(28)29-16)11-5-8-18(24)25/h1-2,6-7,12H,3-5,8-11,13H2,(H,24,25)/b16-12+. The number of thioether (sulfide) groups is 1. The van der Waals surface area contributed by atoms with E-state index in [4.69, 9.17) is 22.1 Å². The molecule has 0 bridgehead atoms. The Hall–Kier alpha value is -2.39. The second-order valence-corrected chi connectivity index (χ2v) is 8.42. The molecule has 0 spiro atoms. The van der Waals surface area contributed by atoms with E-state index in [0.29, 0.717) is 27.0 Å². The third-order valence-electron chi connectivity index (χ3n) is 4.66. The second-order valence-electron chi connectivity index (χ2n) is 6.75. The molecule has 2 saturated heterocycles.